The number of aromatic hydroxyl groups is 1. The van der Waals surface area contributed by atoms with Gasteiger partial charge < -0.3 is 10.4 Å². The Hall–Kier alpha value is -3.15. The van der Waals surface area contributed by atoms with Crippen LogP contribution in [-0.2, 0) is 0 Å². The number of nitrogens with one attached hydrogen (secondary N) is 1. The average Bonchev–Trinajstić information content (AvgIpc) is 3.00. The molecule has 0 saturated carbocycles. The van der Waals surface area contributed by atoms with Crippen LogP contribution in [0.1, 0.15) is 20.0 Å². The van der Waals surface area contributed by atoms with Crippen molar-refractivity contribution in [1.29, 1.82) is 0 Å². The molecule has 2 heterocycles. The molecule has 0 bridgehead atoms. The van der Waals surface area contributed by atoms with Crippen LogP contribution < -0.4 is 5.32 Å². The van der Waals surface area contributed by atoms with Crippen LogP contribution in [-0.4, -0.2) is 32.7 Å². The average molecular weight is 323 g/mol. The molecule has 0 amide bonds. The molecule has 124 valence electrons. The lowest BCUT2D eigenvalue weighted by atomic mass is 10.2. The first-order valence-electron chi connectivity index (χ1n) is 7.20. The van der Waals surface area contributed by atoms with E-state index in [0.29, 0.717) is 17.2 Å². The second-order valence-electron chi connectivity index (χ2n) is 4.89. The molecule has 0 spiro atoms. The van der Waals surface area contributed by atoms with Crippen LogP contribution in [0.3, 0.4) is 0 Å². The molecule has 24 heavy (non-hydrogen) atoms. The molecule has 0 atom stereocenters. The number of phenols is 1. The number of rotatable bonds is 4. The van der Waals surface area contributed by atoms with Crippen LogP contribution in [0.25, 0.3) is 11.2 Å². The lowest BCUT2D eigenvalue weighted by Gasteiger charge is -2.09. The fourth-order valence-corrected chi connectivity index (χ4v) is 2.36. The summed E-state index contributed by atoms with van der Waals surface area (Å²) < 4.78 is 1.94. The van der Waals surface area contributed by atoms with Crippen LogP contribution in [0.5, 0.6) is 5.75 Å². The monoisotopic (exact) mass is 323 g/mol. The summed E-state index contributed by atoms with van der Waals surface area (Å²) in [6.07, 6.45) is 9.09. The van der Waals surface area contributed by atoms with Crippen molar-refractivity contribution >= 4 is 28.9 Å². The van der Waals surface area contributed by atoms with Crippen molar-refractivity contribution in [2.75, 3.05) is 12.4 Å². The van der Waals surface area contributed by atoms with Gasteiger partial charge in [-0.15, -0.1) is 0 Å². The van der Waals surface area contributed by atoms with Crippen LogP contribution in [0, 0.1) is 0 Å². The quantitative estimate of drug-likeness (QED) is 0.564. The van der Waals surface area contributed by atoms with Crippen molar-refractivity contribution in [3.63, 3.8) is 0 Å². The van der Waals surface area contributed by atoms with Gasteiger partial charge in [0.05, 0.1) is 17.6 Å². The number of hydrogen-bond acceptors (Lipinski definition) is 5. The summed E-state index contributed by atoms with van der Waals surface area (Å²) in [4.78, 5) is 12.9. The molecule has 2 aromatic heterocycles. The van der Waals surface area contributed by atoms with Crippen LogP contribution >= 0.6 is 0 Å². The first kappa shape index (κ1) is 17.2. The van der Waals surface area contributed by atoms with E-state index in [1.165, 1.54) is 0 Å². The number of allylic oxidation sites excluding steroid dienone is 2. The minimum Gasteiger partial charge on any atom is -0.506 e. The van der Waals surface area contributed by atoms with Crippen molar-refractivity contribution in [1.82, 2.24) is 14.4 Å². The molecule has 2 N–H and O–H groups in total. The van der Waals surface area contributed by atoms with Gasteiger partial charge in [0.2, 0.25) is 0 Å². The predicted molar refractivity (Wildman–Crippen MR) is 99.2 cm³/mol. The highest BCUT2D eigenvalue weighted by Gasteiger charge is 2.11. The Kier molecular flexibility index (Phi) is 5.31. The number of aliphatic imine (C=N–C) groups is 1. The predicted octanol–water partition coefficient (Wildman–Crippen LogP) is 3.92. The van der Waals surface area contributed by atoms with E-state index >= 15 is 0 Å². The molecule has 0 unspecified atom stereocenters. The summed E-state index contributed by atoms with van der Waals surface area (Å²) in [6.45, 7) is 1.96. The Morgan fingerprint density at radius 2 is 2.08 bits per heavy atom. The minimum atomic E-state index is 0. The summed E-state index contributed by atoms with van der Waals surface area (Å²) in [7, 11) is 1.74. The normalized spacial score (nSPS) is 11.7. The summed E-state index contributed by atoms with van der Waals surface area (Å²) in [6, 6.07) is 7.01. The summed E-state index contributed by atoms with van der Waals surface area (Å²) in [5, 5.41) is 13.0. The Bertz CT molecular complexity index is 895. The number of phenolic OH excluding ortho intramolecular Hbond substituents is 1. The first-order valence-corrected chi connectivity index (χ1v) is 7.20. The first-order chi connectivity index (χ1) is 11.2. The summed E-state index contributed by atoms with van der Waals surface area (Å²) in [5.74, 6) is 0.736. The molecule has 6 nitrogen and oxygen atoms in total. The van der Waals surface area contributed by atoms with Gasteiger partial charge in [-0.3, -0.25) is 9.39 Å². The number of nitrogens with zero attached hydrogens (tertiary/aromatic N) is 4. The highest BCUT2D eigenvalue weighted by Crippen LogP contribution is 2.27. The van der Waals surface area contributed by atoms with Gasteiger partial charge >= 0.3 is 0 Å². The Morgan fingerprint density at radius 3 is 2.79 bits per heavy atom. The van der Waals surface area contributed by atoms with Crippen molar-refractivity contribution in [2.45, 2.75) is 14.4 Å². The van der Waals surface area contributed by atoms with Crippen molar-refractivity contribution in [3.8, 4) is 5.75 Å². The number of para-hydroxylation sites is 2. The molecule has 0 aliphatic carbocycles. The van der Waals surface area contributed by atoms with Crippen LogP contribution in [0.4, 0.5) is 11.5 Å². The molecule has 0 aliphatic heterocycles. The molecule has 0 aliphatic rings. The number of benzene rings is 1. The maximum Gasteiger partial charge on any atom is 0.180 e. The van der Waals surface area contributed by atoms with E-state index < -0.39 is 0 Å². The Morgan fingerprint density at radius 1 is 1.29 bits per heavy atom. The van der Waals surface area contributed by atoms with Gasteiger partial charge in [0.15, 0.2) is 11.5 Å². The fraction of sp³-hybridized carbons (Fsp3) is 0.167. The standard InChI is InChI=1S/C17H17N5O.CH4/c1-3-12(10-18-2)14-11-20-17-16(19-8-9-22(14)17)21-13-6-4-5-7-15(13)23;/h3-11,23H,1-2H3,(H,19,21);1H4/b12-3+,18-10?;. The van der Waals surface area contributed by atoms with Gasteiger partial charge in [0.1, 0.15) is 5.75 Å². The molecular weight excluding hydrogens is 302 g/mol. The van der Waals surface area contributed by atoms with Gasteiger partial charge in [0, 0.05) is 31.2 Å². The third kappa shape index (κ3) is 3.12. The second kappa shape index (κ2) is 7.41. The van der Waals surface area contributed by atoms with E-state index in [1.54, 1.807) is 43.9 Å². The minimum absolute atomic E-state index is 0. The third-order valence-electron chi connectivity index (χ3n) is 3.46. The molecule has 0 saturated heterocycles. The number of fused-ring (bicyclic) bond motifs is 1. The van der Waals surface area contributed by atoms with E-state index in [1.807, 2.05) is 29.7 Å². The number of aromatic nitrogens is 3. The zero-order chi connectivity index (χ0) is 16.2. The highest BCUT2D eigenvalue weighted by atomic mass is 16.3. The topological polar surface area (TPSA) is 74.8 Å². The molecule has 1 aromatic carbocycles. The molecule has 6 heteroatoms. The van der Waals surface area contributed by atoms with Crippen LogP contribution in [0.15, 0.2) is 53.9 Å². The zero-order valence-electron chi connectivity index (χ0n) is 12.9. The van der Waals surface area contributed by atoms with Gasteiger partial charge in [-0.2, -0.15) is 0 Å². The van der Waals surface area contributed by atoms with E-state index in [2.05, 4.69) is 20.3 Å². The maximum atomic E-state index is 9.90. The van der Waals surface area contributed by atoms with E-state index in [9.17, 15) is 5.11 Å². The molecule has 0 fully saturated rings. The van der Waals surface area contributed by atoms with E-state index in [-0.39, 0.29) is 13.2 Å². The molecule has 3 rings (SSSR count). The molecular formula is C18H21N5O. The van der Waals surface area contributed by atoms with Gasteiger partial charge in [-0.25, -0.2) is 9.97 Å². The lowest BCUT2D eigenvalue weighted by Crippen LogP contribution is -2.00. The van der Waals surface area contributed by atoms with Gasteiger partial charge in [-0.05, 0) is 19.1 Å². The zero-order valence-corrected chi connectivity index (χ0v) is 12.9. The van der Waals surface area contributed by atoms with Crippen molar-refractivity contribution in [3.05, 3.63) is 54.6 Å². The third-order valence-corrected chi connectivity index (χ3v) is 3.46. The summed E-state index contributed by atoms with van der Waals surface area (Å²) in [5.41, 5.74) is 3.16. The number of imidazole rings is 1. The van der Waals surface area contributed by atoms with Gasteiger partial charge in [-0.1, -0.05) is 25.6 Å². The molecule has 0 radical (unpaired) electrons. The summed E-state index contributed by atoms with van der Waals surface area (Å²) >= 11 is 0. The van der Waals surface area contributed by atoms with Crippen molar-refractivity contribution < 1.29 is 5.11 Å². The Labute approximate surface area is 141 Å². The lowest BCUT2D eigenvalue weighted by molar-refractivity contribution is 0.477. The Balaban J connectivity index is 0.00000208. The maximum absolute atomic E-state index is 9.90. The number of anilines is 2. The van der Waals surface area contributed by atoms with Gasteiger partial charge in [0.25, 0.3) is 0 Å². The second-order valence-corrected chi connectivity index (χ2v) is 4.89. The largest absolute Gasteiger partial charge is 0.506 e. The highest BCUT2D eigenvalue weighted by molar-refractivity contribution is 6.09. The SMILES string of the molecule is C.C/C=C(\C=NC)c1cnc2c(Nc3ccccc3O)nccn12. The molecule has 3 aromatic rings. The van der Waals surface area contributed by atoms with E-state index in [4.69, 9.17) is 0 Å². The smallest absolute Gasteiger partial charge is 0.180 e. The fourth-order valence-electron chi connectivity index (χ4n) is 2.36. The van der Waals surface area contributed by atoms with E-state index in [0.717, 1.165) is 11.3 Å². The van der Waals surface area contributed by atoms with Crippen molar-refractivity contribution in [2.24, 2.45) is 4.99 Å². The van der Waals surface area contributed by atoms with Crippen LogP contribution in [0.2, 0.25) is 0 Å². The number of hydrogen-bond donors (Lipinski definition) is 2.